The predicted molar refractivity (Wildman–Crippen MR) is 154 cm³/mol. The number of fused-ring (bicyclic) bond motifs is 1. The van der Waals surface area contributed by atoms with E-state index < -0.39 is 0 Å². The van der Waals surface area contributed by atoms with E-state index in [1.54, 1.807) is 14.0 Å². The standard InChI is InChI=1S/C30H38N6O2/c1-19(2)30(37)34-23-13-11-22(12-14-23)27-25(26-28(31)32-18-33-29(26)35(27)3)21-9-7-20(8-10-21)16-36-15-5-6-24(36)17-38-4/h9,11-14,18,20,24H,1,5-8,10,15-17H2,2-4H3,(H,34,37)(H2,31,32,33)/t20-,24+/m1/s1. The number of nitrogens with zero attached hydrogens (tertiary/aromatic N) is 4. The number of carbonyl (C=O) groups excluding carboxylic acids is 1. The highest BCUT2D eigenvalue weighted by atomic mass is 16.5. The number of benzene rings is 1. The molecule has 1 aliphatic carbocycles. The molecule has 38 heavy (non-hydrogen) atoms. The molecule has 5 rings (SSSR count). The first-order chi connectivity index (χ1) is 18.4. The van der Waals surface area contributed by atoms with Crippen LogP contribution in [0.15, 0.2) is 48.8 Å². The topological polar surface area (TPSA) is 98.3 Å². The molecule has 200 valence electrons. The van der Waals surface area contributed by atoms with Gasteiger partial charge in [-0.2, -0.15) is 0 Å². The first-order valence-corrected chi connectivity index (χ1v) is 13.5. The molecule has 3 N–H and O–H groups in total. The van der Waals surface area contributed by atoms with Crippen LogP contribution >= 0.6 is 0 Å². The van der Waals surface area contributed by atoms with Gasteiger partial charge in [0.1, 0.15) is 17.8 Å². The van der Waals surface area contributed by atoms with Crippen molar-refractivity contribution in [2.24, 2.45) is 13.0 Å². The van der Waals surface area contributed by atoms with Crippen LogP contribution in [0.3, 0.4) is 0 Å². The molecule has 0 saturated carbocycles. The average Bonchev–Trinajstić information content (AvgIpc) is 3.47. The summed E-state index contributed by atoms with van der Waals surface area (Å²) in [6, 6.07) is 8.46. The summed E-state index contributed by atoms with van der Waals surface area (Å²) in [4.78, 5) is 23.6. The van der Waals surface area contributed by atoms with Crippen molar-refractivity contribution in [3.8, 4) is 11.3 Å². The summed E-state index contributed by atoms with van der Waals surface area (Å²) in [7, 11) is 3.83. The van der Waals surface area contributed by atoms with E-state index in [-0.39, 0.29) is 5.91 Å². The van der Waals surface area contributed by atoms with Crippen molar-refractivity contribution in [2.45, 2.75) is 45.1 Å². The van der Waals surface area contributed by atoms with Gasteiger partial charge in [0.05, 0.1) is 17.7 Å². The Balaban J connectivity index is 1.46. The molecule has 8 heteroatoms. The molecule has 2 aromatic heterocycles. The number of likely N-dealkylation sites (tertiary alicyclic amines) is 1. The number of allylic oxidation sites excluding steroid dienone is 2. The molecular formula is C30H38N6O2. The van der Waals surface area contributed by atoms with Crippen LogP contribution in [0.25, 0.3) is 27.9 Å². The molecule has 0 unspecified atom stereocenters. The summed E-state index contributed by atoms with van der Waals surface area (Å²) >= 11 is 0. The van der Waals surface area contributed by atoms with Gasteiger partial charge in [0.15, 0.2) is 0 Å². The maximum atomic E-state index is 12.1. The second kappa shape index (κ2) is 11.1. The third kappa shape index (κ3) is 5.11. The van der Waals surface area contributed by atoms with Crippen molar-refractivity contribution in [3.05, 3.63) is 54.4 Å². The average molecular weight is 515 g/mol. The second-order valence-corrected chi connectivity index (χ2v) is 10.7. The fraction of sp³-hybridized carbons (Fsp3) is 0.433. The Bertz CT molecular complexity index is 1370. The molecule has 1 aromatic carbocycles. The van der Waals surface area contributed by atoms with Crippen molar-refractivity contribution in [3.63, 3.8) is 0 Å². The molecule has 3 heterocycles. The number of aryl methyl sites for hydroxylation is 1. The lowest BCUT2D eigenvalue weighted by Gasteiger charge is -2.30. The summed E-state index contributed by atoms with van der Waals surface area (Å²) in [5, 5.41) is 3.79. The summed E-state index contributed by atoms with van der Waals surface area (Å²) in [6.07, 6.45) is 9.59. The van der Waals surface area contributed by atoms with Gasteiger partial charge in [0.2, 0.25) is 0 Å². The predicted octanol–water partition coefficient (Wildman–Crippen LogP) is 5.03. The van der Waals surface area contributed by atoms with Gasteiger partial charge in [0, 0.05) is 43.6 Å². The van der Waals surface area contributed by atoms with Crippen molar-refractivity contribution < 1.29 is 9.53 Å². The Labute approximate surface area is 224 Å². The van der Waals surface area contributed by atoms with Gasteiger partial charge >= 0.3 is 0 Å². The normalized spacial score (nSPS) is 20.0. The fourth-order valence-electron chi connectivity index (χ4n) is 6.01. The molecule has 2 aliphatic rings. The van der Waals surface area contributed by atoms with Crippen LogP contribution in [0.2, 0.25) is 0 Å². The minimum atomic E-state index is -0.185. The van der Waals surface area contributed by atoms with E-state index in [2.05, 4.69) is 37.4 Å². The zero-order valence-corrected chi connectivity index (χ0v) is 22.7. The van der Waals surface area contributed by atoms with Crippen molar-refractivity contribution in [1.29, 1.82) is 0 Å². The van der Waals surface area contributed by atoms with Crippen LogP contribution in [-0.2, 0) is 16.6 Å². The number of hydrogen-bond donors (Lipinski definition) is 2. The minimum absolute atomic E-state index is 0.185. The van der Waals surface area contributed by atoms with Gasteiger partial charge in [-0.05, 0) is 74.8 Å². The van der Waals surface area contributed by atoms with E-state index in [1.165, 1.54) is 31.3 Å². The third-order valence-electron chi connectivity index (χ3n) is 7.99. The lowest BCUT2D eigenvalue weighted by molar-refractivity contribution is -0.112. The molecule has 1 aliphatic heterocycles. The Morgan fingerprint density at radius 3 is 2.71 bits per heavy atom. The van der Waals surface area contributed by atoms with E-state index in [4.69, 9.17) is 10.5 Å². The Morgan fingerprint density at radius 1 is 1.24 bits per heavy atom. The summed E-state index contributed by atoms with van der Waals surface area (Å²) in [6.45, 7) is 8.53. The highest BCUT2D eigenvalue weighted by Crippen LogP contribution is 2.43. The van der Waals surface area contributed by atoms with E-state index in [0.717, 1.165) is 66.0 Å². The van der Waals surface area contributed by atoms with Crippen LogP contribution < -0.4 is 11.1 Å². The van der Waals surface area contributed by atoms with Crippen LogP contribution in [0.1, 0.15) is 44.6 Å². The van der Waals surface area contributed by atoms with Crippen LogP contribution in [0.4, 0.5) is 11.5 Å². The maximum absolute atomic E-state index is 12.1. The number of amides is 1. The second-order valence-electron chi connectivity index (χ2n) is 10.7. The number of anilines is 2. The molecule has 1 saturated heterocycles. The summed E-state index contributed by atoms with van der Waals surface area (Å²) in [5.74, 6) is 0.953. The number of ether oxygens (including phenoxy) is 1. The Hall–Kier alpha value is -3.49. The van der Waals surface area contributed by atoms with Crippen LogP contribution in [0.5, 0.6) is 0 Å². The monoisotopic (exact) mass is 514 g/mol. The van der Waals surface area contributed by atoms with Gasteiger partial charge in [-0.1, -0.05) is 24.8 Å². The Kier molecular flexibility index (Phi) is 7.63. The molecule has 2 atom stereocenters. The first-order valence-electron chi connectivity index (χ1n) is 13.5. The number of nitrogens with two attached hydrogens (primary N) is 1. The maximum Gasteiger partial charge on any atom is 0.250 e. The SMILES string of the molecule is C=C(C)C(=O)Nc1ccc(-c2c(C3=CC[C@@H](CN4CCC[C@H]4COC)CC3)c3c(N)ncnc3n2C)cc1. The van der Waals surface area contributed by atoms with E-state index in [0.29, 0.717) is 23.4 Å². The van der Waals surface area contributed by atoms with Gasteiger partial charge in [-0.15, -0.1) is 0 Å². The molecular weight excluding hydrogens is 476 g/mol. The zero-order valence-electron chi connectivity index (χ0n) is 22.7. The largest absolute Gasteiger partial charge is 0.383 e. The lowest BCUT2D eigenvalue weighted by Crippen LogP contribution is -2.37. The van der Waals surface area contributed by atoms with Gasteiger partial charge < -0.3 is 20.4 Å². The molecule has 8 nitrogen and oxygen atoms in total. The number of nitrogen functional groups attached to an aromatic ring is 1. The van der Waals surface area contributed by atoms with E-state index in [9.17, 15) is 4.79 Å². The van der Waals surface area contributed by atoms with Crippen LogP contribution in [0, 0.1) is 5.92 Å². The molecule has 0 bridgehead atoms. The number of hydrogen-bond acceptors (Lipinski definition) is 6. The molecule has 1 fully saturated rings. The molecule has 0 radical (unpaired) electrons. The summed E-state index contributed by atoms with van der Waals surface area (Å²) < 4.78 is 7.57. The highest BCUT2D eigenvalue weighted by Gasteiger charge is 2.29. The smallest absolute Gasteiger partial charge is 0.250 e. The fourth-order valence-corrected chi connectivity index (χ4v) is 6.01. The van der Waals surface area contributed by atoms with E-state index in [1.807, 2.05) is 31.3 Å². The van der Waals surface area contributed by atoms with Crippen LogP contribution in [-0.4, -0.2) is 58.2 Å². The Morgan fingerprint density at radius 2 is 2.03 bits per heavy atom. The van der Waals surface area contributed by atoms with Crippen molar-refractivity contribution in [2.75, 3.05) is 37.9 Å². The number of nitrogens with one attached hydrogen (secondary N) is 1. The van der Waals surface area contributed by atoms with Crippen molar-refractivity contribution in [1.82, 2.24) is 19.4 Å². The lowest BCUT2D eigenvalue weighted by atomic mass is 9.84. The highest BCUT2D eigenvalue weighted by molar-refractivity contribution is 6.05. The third-order valence-corrected chi connectivity index (χ3v) is 7.99. The number of rotatable bonds is 8. The van der Waals surface area contributed by atoms with E-state index >= 15 is 0 Å². The number of methoxy groups -OCH3 is 1. The van der Waals surface area contributed by atoms with Gasteiger partial charge in [-0.3, -0.25) is 9.69 Å². The summed E-state index contributed by atoms with van der Waals surface area (Å²) in [5.41, 5.74) is 13.0. The van der Waals surface area contributed by atoms with Gasteiger partial charge in [-0.25, -0.2) is 9.97 Å². The molecule has 0 spiro atoms. The zero-order chi connectivity index (χ0) is 26.8. The van der Waals surface area contributed by atoms with Crippen molar-refractivity contribution >= 4 is 34.0 Å². The first kappa shape index (κ1) is 26.1. The number of aromatic nitrogens is 3. The quantitative estimate of drug-likeness (QED) is 0.409. The molecule has 3 aromatic rings. The number of carbonyl (C=O) groups is 1. The minimum Gasteiger partial charge on any atom is -0.383 e. The molecule has 1 amide bonds. The van der Waals surface area contributed by atoms with Gasteiger partial charge in [0.25, 0.3) is 5.91 Å².